The van der Waals surface area contributed by atoms with Crippen molar-refractivity contribution in [2.24, 2.45) is 0 Å². The van der Waals surface area contributed by atoms with E-state index in [2.05, 4.69) is 10.3 Å². The topological polar surface area (TPSA) is 81.3 Å². The molecule has 0 unspecified atom stereocenters. The van der Waals surface area contributed by atoms with Crippen LogP contribution in [0.4, 0.5) is 5.69 Å². The lowest BCUT2D eigenvalue weighted by atomic mass is 10.2. The lowest BCUT2D eigenvalue weighted by molar-refractivity contribution is -0.116. The minimum Gasteiger partial charge on any atom is -0.323 e. The van der Waals surface area contributed by atoms with Crippen LogP contribution in [-0.2, 0) is 11.3 Å². The van der Waals surface area contributed by atoms with Crippen LogP contribution in [0.25, 0.3) is 28.1 Å². The number of rotatable bonds is 4. The Kier molecular flexibility index (Phi) is 4.72. The molecule has 0 saturated carbocycles. The molecule has 5 rings (SSSR count). The number of para-hydroxylation sites is 3. The summed E-state index contributed by atoms with van der Waals surface area (Å²) >= 11 is 6.17. The summed E-state index contributed by atoms with van der Waals surface area (Å²) in [6.07, 6.45) is 3.29. The Morgan fingerprint density at radius 2 is 1.68 bits per heavy atom. The van der Waals surface area contributed by atoms with Crippen molar-refractivity contribution in [3.63, 3.8) is 0 Å². The number of fused-ring (bicyclic) bond motifs is 3. The van der Waals surface area contributed by atoms with E-state index < -0.39 is 0 Å². The molecule has 7 nitrogen and oxygen atoms in total. The second-order valence-electron chi connectivity index (χ2n) is 6.95. The number of carbonyl (C=O) groups excluding carboxylic acids is 1. The van der Waals surface area contributed by atoms with Crippen molar-refractivity contribution >= 4 is 40.0 Å². The van der Waals surface area contributed by atoms with Gasteiger partial charge in [0, 0.05) is 24.0 Å². The van der Waals surface area contributed by atoms with Gasteiger partial charge in [-0.1, -0.05) is 35.9 Å². The quantitative estimate of drug-likeness (QED) is 0.468. The minimum atomic E-state index is -0.278. The Morgan fingerprint density at radius 3 is 2.45 bits per heavy atom. The number of benzene rings is 2. The maximum Gasteiger partial charge on any atom is 0.260 e. The van der Waals surface area contributed by atoms with Gasteiger partial charge in [-0.05, 0) is 36.4 Å². The molecular weight excluding hydrogens is 414 g/mol. The first-order chi connectivity index (χ1) is 15.1. The summed E-state index contributed by atoms with van der Waals surface area (Å²) in [5, 5.41) is 3.27. The summed E-state index contributed by atoms with van der Waals surface area (Å²) in [6, 6.07) is 19.5. The zero-order chi connectivity index (χ0) is 21.4. The first-order valence-corrected chi connectivity index (χ1v) is 9.95. The summed E-state index contributed by atoms with van der Waals surface area (Å²) in [4.78, 5) is 34.6. The van der Waals surface area contributed by atoms with Gasteiger partial charge in [0.25, 0.3) is 5.56 Å². The summed E-state index contributed by atoms with van der Waals surface area (Å²) in [5.41, 5.74) is 3.00. The van der Waals surface area contributed by atoms with E-state index in [0.717, 1.165) is 11.1 Å². The number of halogens is 1. The van der Waals surface area contributed by atoms with Crippen molar-refractivity contribution in [3.05, 3.63) is 94.5 Å². The van der Waals surface area contributed by atoms with Crippen molar-refractivity contribution in [2.45, 2.75) is 6.54 Å². The molecule has 8 heteroatoms. The Labute approximate surface area is 181 Å². The molecule has 1 N–H and O–H groups in total. The third-order valence-electron chi connectivity index (χ3n) is 4.98. The highest BCUT2D eigenvalue weighted by atomic mass is 35.5. The molecule has 0 fully saturated rings. The maximum absolute atomic E-state index is 13.0. The number of nitrogens with one attached hydrogen (secondary N) is 1. The third kappa shape index (κ3) is 3.45. The van der Waals surface area contributed by atoms with Gasteiger partial charge in [0.1, 0.15) is 6.54 Å². The van der Waals surface area contributed by atoms with Crippen molar-refractivity contribution in [3.8, 4) is 11.3 Å². The molecule has 0 saturated heterocycles. The smallest absolute Gasteiger partial charge is 0.260 e. The molecule has 0 radical (unpaired) electrons. The molecule has 3 heterocycles. The number of nitrogens with zero attached hydrogens (tertiary/aromatic N) is 4. The molecule has 0 aliphatic rings. The summed E-state index contributed by atoms with van der Waals surface area (Å²) in [5.74, 6) is 0.106. The van der Waals surface area contributed by atoms with Gasteiger partial charge in [-0.25, -0.2) is 9.38 Å². The predicted octanol–water partition coefficient (Wildman–Crippen LogP) is 4.00. The van der Waals surface area contributed by atoms with E-state index in [4.69, 9.17) is 16.6 Å². The molecule has 0 aliphatic carbocycles. The average Bonchev–Trinajstić information content (AvgIpc) is 3.10. The van der Waals surface area contributed by atoms with Crippen LogP contribution in [0.1, 0.15) is 0 Å². The van der Waals surface area contributed by atoms with E-state index in [-0.39, 0.29) is 18.0 Å². The molecule has 0 atom stereocenters. The average molecular weight is 430 g/mol. The van der Waals surface area contributed by atoms with Gasteiger partial charge in [0.15, 0.2) is 0 Å². The Balaban J connectivity index is 1.65. The molecular formula is C23H16ClN5O2. The second kappa shape index (κ2) is 7.70. The summed E-state index contributed by atoms with van der Waals surface area (Å²) in [7, 11) is 0. The van der Waals surface area contributed by atoms with Crippen LogP contribution in [0, 0.1) is 0 Å². The Hall–Kier alpha value is -3.97. The van der Waals surface area contributed by atoms with Gasteiger partial charge < -0.3 is 9.88 Å². The SMILES string of the molecule is O=C(Cn1c2ccccc2n2c(=O)cc(-c3ccncc3)nc12)Nc1ccccc1Cl. The number of pyridine rings is 1. The van der Waals surface area contributed by atoms with Crippen LogP contribution in [0.5, 0.6) is 0 Å². The molecule has 0 bridgehead atoms. The number of carbonyl (C=O) groups is 1. The highest BCUT2D eigenvalue weighted by Gasteiger charge is 2.17. The highest BCUT2D eigenvalue weighted by Crippen LogP contribution is 2.23. The monoisotopic (exact) mass is 429 g/mol. The normalized spacial score (nSPS) is 11.1. The van der Waals surface area contributed by atoms with Crippen LogP contribution in [-0.4, -0.2) is 24.8 Å². The van der Waals surface area contributed by atoms with Crippen LogP contribution in [0.3, 0.4) is 0 Å². The van der Waals surface area contributed by atoms with E-state index >= 15 is 0 Å². The van der Waals surface area contributed by atoms with Crippen LogP contribution >= 0.6 is 11.6 Å². The number of aromatic nitrogens is 4. The molecule has 0 aliphatic heterocycles. The molecule has 2 aromatic carbocycles. The molecule has 152 valence electrons. The number of hydrogen-bond donors (Lipinski definition) is 1. The first kappa shape index (κ1) is 19.0. The fraction of sp³-hybridized carbons (Fsp3) is 0.0435. The largest absolute Gasteiger partial charge is 0.323 e. The van der Waals surface area contributed by atoms with Crippen molar-refractivity contribution < 1.29 is 4.79 Å². The summed E-state index contributed by atoms with van der Waals surface area (Å²) in [6.45, 7) is -0.0333. The maximum atomic E-state index is 13.0. The first-order valence-electron chi connectivity index (χ1n) is 9.57. The van der Waals surface area contributed by atoms with E-state index in [9.17, 15) is 9.59 Å². The zero-order valence-corrected chi connectivity index (χ0v) is 17.0. The summed E-state index contributed by atoms with van der Waals surface area (Å²) < 4.78 is 3.25. The number of anilines is 1. The van der Waals surface area contributed by atoms with Gasteiger partial charge in [0.05, 0.1) is 27.4 Å². The van der Waals surface area contributed by atoms with Crippen LogP contribution < -0.4 is 10.9 Å². The lowest BCUT2D eigenvalue weighted by Crippen LogP contribution is -2.20. The standard InChI is InChI=1S/C23H16ClN5O2/c24-16-5-1-2-6-17(16)26-21(30)14-28-19-7-3-4-8-20(19)29-22(31)13-18(27-23(28)29)15-9-11-25-12-10-15/h1-13H,14H2,(H,26,30). The van der Waals surface area contributed by atoms with Gasteiger partial charge in [-0.15, -0.1) is 0 Å². The molecule has 31 heavy (non-hydrogen) atoms. The van der Waals surface area contributed by atoms with Crippen molar-refractivity contribution in [1.29, 1.82) is 0 Å². The highest BCUT2D eigenvalue weighted by molar-refractivity contribution is 6.33. The number of imidazole rings is 1. The van der Waals surface area contributed by atoms with Crippen LogP contribution in [0.15, 0.2) is 83.9 Å². The number of amides is 1. The van der Waals surface area contributed by atoms with Gasteiger partial charge in [-0.2, -0.15) is 0 Å². The van der Waals surface area contributed by atoms with Crippen molar-refractivity contribution in [2.75, 3.05) is 5.32 Å². The van der Waals surface area contributed by atoms with Gasteiger partial charge in [-0.3, -0.25) is 14.6 Å². The van der Waals surface area contributed by atoms with Gasteiger partial charge >= 0.3 is 0 Å². The van der Waals surface area contributed by atoms with Crippen molar-refractivity contribution in [1.82, 2.24) is 18.9 Å². The van der Waals surface area contributed by atoms with E-state index in [1.54, 1.807) is 53.4 Å². The molecule has 0 spiro atoms. The fourth-order valence-electron chi connectivity index (χ4n) is 3.59. The lowest BCUT2D eigenvalue weighted by Gasteiger charge is -2.09. The molecule has 1 amide bonds. The number of hydrogen-bond acceptors (Lipinski definition) is 4. The molecule has 3 aromatic heterocycles. The predicted molar refractivity (Wildman–Crippen MR) is 120 cm³/mol. The Bertz CT molecular complexity index is 1490. The minimum absolute atomic E-state index is 0.0333. The fourth-order valence-corrected chi connectivity index (χ4v) is 3.77. The van der Waals surface area contributed by atoms with E-state index in [1.807, 2.05) is 24.3 Å². The third-order valence-corrected chi connectivity index (χ3v) is 5.31. The Morgan fingerprint density at radius 1 is 0.968 bits per heavy atom. The molecule has 5 aromatic rings. The second-order valence-corrected chi connectivity index (χ2v) is 7.36. The zero-order valence-electron chi connectivity index (χ0n) is 16.2. The van der Waals surface area contributed by atoms with Crippen LogP contribution in [0.2, 0.25) is 5.02 Å². The van der Waals surface area contributed by atoms with E-state index in [1.165, 1.54) is 10.5 Å². The van der Waals surface area contributed by atoms with Gasteiger partial charge in [0.2, 0.25) is 11.7 Å². The van der Waals surface area contributed by atoms with E-state index in [0.29, 0.717) is 27.7 Å².